The average molecular weight is 342 g/mol. The van der Waals surface area contributed by atoms with Gasteiger partial charge in [-0.05, 0) is 42.5 Å². The van der Waals surface area contributed by atoms with E-state index in [9.17, 15) is 27.2 Å². The number of hydrogen-bond acceptors (Lipinski definition) is 2. The number of rotatable bonds is 3. The van der Waals surface area contributed by atoms with Crippen LogP contribution in [0.5, 0.6) is 0 Å². The molecule has 0 spiro atoms. The summed E-state index contributed by atoms with van der Waals surface area (Å²) in [5.74, 6) is -2.25. The number of urea groups is 1. The number of nitrogens with one attached hydrogen (secondary N) is 2. The third kappa shape index (κ3) is 4.22. The van der Waals surface area contributed by atoms with Crippen molar-refractivity contribution in [2.75, 3.05) is 10.6 Å². The van der Waals surface area contributed by atoms with Gasteiger partial charge in [-0.15, -0.1) is 0 Å². The van der Waals surface area contributed by atoms with Gasteiger partial charge in [0, 0.05) is 5.69 Å². The molecule has 0 saturated heterocycles. The Morgan fingerprint density at radius 3 is 2.12 bits per heavy atom. The van der Waals surface area contributed by atoms with Crippen molar-refractivity contribution < 1.29 is 32.3 Å². The molecule has 0 aromatic heterocycles. The second-order valence-electron chi connectivity index (χ2n) is 4.65. The van der Waals surface area contributed by atoms with Gasteiger partial charge in [-0.3, -0.25) is 0 Å². The van der Waals surface area contributed by atoms with Gasteiger partial charge in [-0.2, -0.15) is 13.2 Å². The van der Waals surface area contributed by atoms with E-state index in [0.717, 1.165) is 12.1 Å². The summed E-state index contributed by atoms with van der Waals surface area (Å²) in [5, 5.41) is 13.0. The smallest absolute Gasteiger partial charge is 0.418 e. The lowest BCUT2D eigenvalue weighted by Crippen LogP contribution is -2.22. The molecule has 0 bridgehead atoms. The lowest BCUT2D eigenvalue weighted by atomic mass is 10.1. The van der Waals surface area contributed by atoms with Gasteiger partial charge in [0.05, 0.1) is 16.8 Å². The molecule has 24 heavy (non-hydrogen) atoms. The molecule has 0 radical (unpaired) electrons. The minimum absolute atomic E-state index is 0.0150. The molecule has 0 aliphatic rings. The maximum Gasteiger partial charge on any atom is 0.418 e. The van der Waals surface area contributed by atoms with E-state index in [1.807, 2.05) is 5.32 Å². The maximum absolute atomic E-state index is 13.0. The zero-order chi connectivity index (χ0) is 17.9. The standard InChI is InChI=1S/C15H10F4N2O3/c16-9-3-6-12(11(7-9)15(17,18)19)21-14(24)20-10-4-1-8(2-5-10)13(22)23/h1-7H,(H,22,23)(H2,20,21,24). The fraction of sp³-hybridized carbons (Fsp3) is 0.0667. The fourth-order valence-electron chi connectivity index (χ4n) is 1.84. The molecule has 0 saturated carbocycles. The summed E-state index contributed by atoms with van der Waals surface area (Å²) in [6.07, 6.45) is -4.84. The van der Waals surface area contributed by atoms with E-state index >= 15 is 0 Å². The summed E-state index contributed by atoms with van der Waals surface area (Å²) in [5.41, 5.74) is -1.77. The largest absolute Gasteiger partial charge is 0.478 e. The number of amides is 2. The van der Waals surface area contributed by atoms with Crippen molar-refractivity contribution in [1.29, 1.82) is 0 Å². The molecular weight excluding hydrogens is 332 g/mol. The molecule has 3 N–H and O–H groups in total. The highest BCUT2D eigenvalue weighted by Gasteiger charge is 2.34. The van der Waals surface area contributed by atoms with Crippen LogP contribution in [0.3, 0.4) is 0 Å². The summed E-state index contributed by atoms with van der Waals surface area (Å²) in [6.45, 7) is 0. The van der Waals surface area contributed by atoms with Gasteiger partial charge < -0.3 is 15.7 Å². The third-order valence-corrected chi connectivity index (χ3v) is 2.92. The van der Waals surface area contributed by atoms with Gasteiger partial charge in [0.15, 0.2) is 0 Å². The van der Waals surface area contributed by atoms with Crippen molar-refractivity contribution in [3.05, 3.63) is 59.4 Å². The van der Waals surface area contributed by atoms with Crippen molar-refractivity contribution in [3.63, 3.8) is 0 Å². The number of hydrogen-bond donors (Lipinski definition) is 3. The van der Waals surface area contributed by atoms with Crippen LogP contribution in [0.1, 0.15) is 15.9 Å². The Kier molecular flexibility index (Phi) is 4.72. The first-order valence-electron chi connectivity index (χ1n) is 6.45. The van der Waals surface area contributed by atoms with E-state index in [2.05, 4.69) is 5.32 Å². The number of carbonyl (C=O) groups is 2. The fourth-order valence-corrected chi connectivity index (χ4v) is 1.84. The second-order valence-corrected chi connectivity index (χ2v) is 4.65. The van der Waals surface area contributed by atoms with Gasteiger partial charge in [0.1, 0.15) is 5.82 Å². The topological polar surface area (TPSA) is 78.4 Å². The van der Waals surface area contributed by atoms with Crippen molar-refractivity contribution in [1.82, 2.24) is 0 Å². The highest BCUT2D eigenvalue weighted by atomic mass is 19.4. The highest BCUT2D eigenvalue weighted by Crippen LogP contribution is 2.35. The molecule has 0 unspecified atom stereocenters. The number of carboxylic acid groups (broad SMARTS) is 1. The summed E-state index contributed by atoms with van der Waals surface area (Å²) in [4.78, 5) is 22.5. The Morgan fingerprint density at radius 1 is 0.958 bits per heavy atom. The van der Waals surface area contributed by atoms with Crippen LogP contribution in [0.4, 0.5) is 33.7 Å². The first-order valence-corrected chi connectivity index (χ1v) is 6.45. The van der Waals surface area contributed by atoms with Crippen molar-refractivity contribution in [3.8, 4) is 0 Å². The summed E-state index contributed by atoms with van der Waals surface area (Å²) in [7, 11) is 0. The number of anilines is 2. The van der Waals surface area contributed by atoms with Gasteiger partial charge in [0.2, 0.25) is 0 Å². The van der Waals surface area contributed by atoms with E-state index < -0.39 is 35.2 Å². The SMILES string of the molecule is O=C(Nc1ccc(C(=O)O)cc1)Nc1ccc(F)cc1C(F)(F)F. The predicted molar refractivity (Wildman–Crippen MR) is 77.4 cm³/mol. The molecule has 0 aliphatic heterocycles. The molecule has 5 nitrogen and oxygen atoms in total. The Bertz CT molecular complexity index is 773. The summed E-state index contributed by atoms with van der Waals surface area (Å²) >= 11 is 0. The summed E-state index contributed by atoms with van der Waals surface area (Å²) < 4.78 is 51.5. The van der Waals surface area contributed by atoms with Crippen LogP contribution in [0.25, 0.3) is 0 Å². The van der Waals surface area contributed by atoms with Crippen LogP contribution in [-0.4, -0.2) is 17.1 Å². The lowest BCUT2D eigenvalue weighted by Gasteiger charge is -2.14. The van der Waals surface area contributed by atoms with Crippen LogP contribution in [-0.2, 0) is 6.18 Å². The predicted octanol–water partition coefficient (Wildman–Crippen LogP) is 4.19. The lowest BCUT2D eigenvalue weighted by molar-refractivity contribution is -0.137. The molecule has 9 heteroatoms. The Labute approximate surface area is 132 Å². The summed E-state index contributed by atoms with van der Waals surface area (Å²) in [6, 6.07) is 5.86. The molecule has 2 rings (SSSR count). The molecule has 0 heterocycles. The zero-order valence-corrected chi connectivity index (χ0v) is 11.8. The Hall–Kier alpha value is -3.10. The zero-order valence-electron chi connectivity index (χ0n) is 11.8. The first-order chi connectivity index (χ1) is 11.2. The molecule has 2 aromatic carbocycles. The molecule has 2 aromatic rings. The van der Waals surface area contributed by atoms with Gasteiger partial charge >= 0.3 is 18.2 Å². The number of halogens is 4. The van der Waals surface area contributed by atoms with E-state index in [0.29, 0.717) is 0 Å². The number of carbonyl (C=O) groups excluding carboxylic acids is 1. The maximum atomic E-state index is 13.0. The molecule has 0 fully saturated rings. The molecule has 126 valence electrons. The normalized spacial score (nSPS) is 11.0. The molecule has 2 amide bonds. The molecule has 0 atom stereocenters. The van der Waals surface area contributed by atoms with E-state index in [1.165, 1.54) is 24.3 Å². The van der Waals surface area contributed by atoms with Crippen LogP contribution in [0, 0.1) is 5.82 Å². The van der Waals surface area contributed by atoms with Gasteiger partial charge in [0.25, 0.3) is 0 Å². The van der Waals surface area contributed by atoms with Gasteiger partial charge in [-0.1, -0.05) is 0 Å². The number of alkyl halides is 3. The number of aromatic carboxylic acids is 1. The second kappa shape index (κ2) is 6.57. The first kappa shape index (κ1) is 17.3. The minimum atomic E-state index is -4.84. The van der Waals surface area contributed by atoms with Crippen molar-refractivity contribution >= 4 is 23.4 Å². The van der Waals surface area contributed by atoms with Crippen LogP contribution in [0.15, 0.2) is 42.5 Å². The minimum Gasteiger partial charge on any atom is -0.478 e. The molecular formula is C15H10F4N2O3. The Balaban J connectivity index is 2.14. The van der Waals surface area contributed by atoms with E-state index in [-0.39, 0.29) is 17.3 Å². The van der Waals surface area contributed by atoms with Crippen molar-refractivity contribution in [2.24, 2.45) is 0 Å². The van der Waals surface area contributed by atoms with E-state index in [4.69, 9.17) is 5.11 Å². The quantitative estimate of drug-likeness (QED) is 0.732. The highest BCUT2D eigenvalue weighted by molar-refractivity contribution is 6.00. The van der Waals surface area contributed by atoms with Gasteiger partial charge in [-0.25, -0.2) is 14.0 Å². The monoisotopic (exact) mass is 342 g/mol. The van der Waals surface area contributed by atoms with E-state index in [1.54, 1.807) is 0 Å². The van der Waals surface area contributed by atoms with Crippen molar-refractivity contribution in [2.45, 2.75) is 6.18 Å². The number of benzene rings is 2. The average Bonchev–Trinajstić information content (AvgIpc) is 2.48. The number of carboxylic acids is 1. The molecule has 0 aliphatic carbocycles. The van der Waals surface area contributed by atoms with Crippen LogP contribution < -0.4 is 10.6 Å². The van der Waals surface area contributed by atoms with Crippen LogP contribution >= 0.6 is 0 Å². The Morgan fingerprint density at radius 2 is 1.58 bits per heavy atom. The van der Waals surface area contributed by atoms with Crippen LogP contribution in [0.2, 0.25) is 0 Å². The third-order valence-electron chi connectivity index (χ3n) is 2.92.